The van der Waals surface area contributed by atoms with E-state index in [-0.39, 0.29) is 18.4 Å². The van der Waals surface area contributed by atoms with Crippen LogP contribution in [0.15, 0.2) is 54.9 Å². The van der Waals surface area contributed by atoms with E-state index in [4.69, 9.17) is 4.74 Å². The second-order valence-electron chi connectivity index (χ2n) is 6.38. The molecule has 1 aromatic heterocycles. The van der Waals surface area contributed by atoms with Gasteiger partial charge in [-0.3, -0.25) is 14.6 Å². The first-order valence-corrected chi connectivity index (χ1v) is 9.27. The quantitative estimate of drug-likeness (QED) is 0.627. The summed E-state index contributed by atoms with van der Waals surface area (Å²) in [5, 5.41) is 0. The minimum absolute atomic E-state index is 0.0471. The fraction of sp³-hybridized carbons (Fsp3) is 0.318. The highest BCUT2D eigenvalue weighted by Crippen LogP contribution is 2.13. The van der Waals surface area contributed by atoms with Crippen molar-refractivity contribution in [2.75, 3.05) is 33.8 Å². The molecule has 0 aliphatic rings. The smallest absolute Gasteiger partial charge is 0.246 e. The topological polar surface area (TPSA) is 62.7 Å². The number of likely N-dealkylation sites (N-methyl/N-ethyl adjacent to an activating group) is 2. The van der Waals surface area contributed by atoms with Crippen LogP contribution in [0.3, 0.4) is 0 Å². The number of aromatic nitrogens is 1. The van der Waals surface area contributed by atoms with E-state index in [1.807, 2.05) is 43.3 Å². The molecule has 0 bridgehead atoms. The average molecular weight is 381 g/mol. The van der Waals surface area contributed by atoms with Crippen molar-refractivity contribution in [3.8, 4) is 5.75 Å². The summed E-state index contributed by atoms with van der Waals surface area (Å²) in [5.74, 6) is 0.439. The Kier molecular flexibility index (Phi) is 8.21. The molecule has 1 heterocycles. The number of methoxy groups -OCH3 is 1. The summed E-state index contributed by atoms with van der Waals surface area (Å²) >= 11 is 0. The number of hydrogen-bond acceptors (Lipinski definition) is 4. The zero-order valence-electron chi connectivity index (χ0n) is 16.7. The first-order chi connectivity index (χ1) is 13.5. The van der Waals surface area contributed by atoms with Crippen LogP contribution in [0.25, 0.3) is 6.08 Å². The molecule has 0 aliphatic carbocycles. The Hall–Kier alpha value is -3.15. The van der Waals surface area contributed by atoms with Gasteiger partial charge in [0, 0.05) is 38.6 Å². The number of ether oxygens (including phenoxy) is 1. The number of nitrogens with zero attached hydrogens (tertiary/aromatic N) is 3. The summed E-state index contributed by atoms with van der Waals surface area (Å²) in [6, 6.07) is 11.3. The van der Waals surface area contributed by atoms with E-state index >= 15 is 0 Å². The normalized spacial score (nSPS) is 10.7. The van der Waals surface area contributed by atoms with Crippen molar-refractivity contribution in [2.24, 2.45) is 0 Å². The zero-order chi connectivity index (χ0) is 20.4. The lowest BCUT2D eigenvalue weighted by atomic mass is 10.2. The van der Waals surface area contributed by atoms with E-state index in [1.165, 1.54) is 11.0 Å². The van der Waals surface area contributed by atoms with Gasteiger partial charge in [-0.15, -0.1) is 0 Å². The Bertz CT molecular complexity index is 806. The lowest BCUT2D eigenvalue weighted by Crippen LogP contribution is -2.41. The minimum atomic E-state index is -0.221. The van der Waals surface area contributed by atoms with Gasteiger partial charge in [-0.25, -0.2) is 0 Å². The maximum absolute atomic E-state index is 12.5. The minimum Gasteiger partial charge on any atom is -0.497 e. The van der Waals surface area contributed by atoms with Crippen LogP contribution in [0.5, 0.6) is 5.75 Å². The Morgan fingerprint density at radius 3 is 2.61 bits per heavy atom. The van der Waals surface area contributed by atoms with Crippen LogP contribution in [0.4, 0.5) is 0 Å². The first-order valence-electron chi connectivity index (χ1n) is 9.27. The van der Waals surface area contributed by atoms with Crippen molar-refractivity contribution in [2.45, 2.75) is 13.3 Å². The van der Waals surface area contributed by atoms with Crippen LogP contribution in [0.1, 0.15) is 18.1 Å². The van der Waals surface area contributed by atoms with Gasteiger partial charge in [0.15, 0.2) is 0 Å². The third kappa shape index (κ3) is 6.54. The van der Waals surface area contributed by atoms with Crippen molar-refractivity contribution in [3.63, 3.8) is 0 Å². The van der Waals surface area contributed by atoms with E-state index in [2.05, 4.69) is 4.98 Å². The summed E-state index contributed by atoms with van der Waals surface area (Å²) in [5.41, 5.74) is 1.99. The maximum Gasteiger partial charge on any atom is 0.246 e. The van der Waals surface area contributed by atoms with Crippen molar-refractivity contribution < 1.29 is 14.3 Å². The van der Waals surface area contributed by atoms with Crippen molar-refractivity contribution in [1.82, 2.24) is 14.8 Å². The largest absolute Gasteiger partial charge is 0.497 e. The van der Waals surface area contributed by atoms with Crippen LogP contribution in [0, 0.1) is 0 Å². The average Bonchev–Trinajstić information content (AvgIpc) is 2.73. The fourth-order valence-electron chi connectivity index (χ4n) is 2.69. The van der Waals surface area contributed by atoms with Crippen LogP contribution < -0.4 is 4.74 Å². The number of carbonyl (C=O) groups is 2. The molecule has 28 heavy (non-hydrogen) atoms. The highest BCUT2D eigenvalue weighted by atomic mass is 16.5. The highest BCUT2D eigenvalue weighted by molar-refractivity contribution is 5.94. The van der Waals surface area contributed by atoms with Gasteiger partial charge in [-0.1, -0.05) is 12.1 Å². The van der Waals surface area contributed by atoms with E-state index in [1.54, 1.807) is 37.5 Å². The Labute approximate surface area is 166 Å². The molecule has 2 rings (SSSR count). The molecule has 0 aliphatic heterocycles. The van der Waals surface area contributed by atoms with E-state index in [0.29, 0.717) is 13.1 Å². The number of pyridine rings is 1. The number of benzene rings is 1. The molecule has 148 valence electrons. The summed E-state index contributed by atoms with van der Waals surface area (Å²) < 4.78 is 5.17. The third-order valence-electron chi connectivity index (χ3n) is 4.41. The first kappa shape index (κ1) is 21.2. The van der Waals surface area contributed by atoms with Gasteiger partial charge in [-0.05, 0) is 54.8 Å². The van der Waals surface area contributed by atoms with Gasteiger partial charge in [0.25, 0.3) is 0 Å². The molecule has 0 unspecified atom stereocenters. The molecule has 0 atom stereocenters. The molecule has 0 saturated heterocycles. The van der Waals surface area contributed by atoms with Gasteiger partial charge in [0.1, 0.15) is 5.75 Å². The molecule has 6 heteroatoms. The molecular formula is C22H27N3O3. The number of carbonyl (C=O) groups excluding carboxylic acids is 2. The van der Waals surface area contributed by atoms with Crippen LogP contribution >= 0.6 is 0 Å². The van der Waals surface area contributed by atoms with Crippen molar-refractivity contribution in [1.29, 1.82) is 0 Å². The van der Waals surface area contributed by atoms with E-state index in [9.17, 15) is 9.59 Å². The molecule has 0 radical (unpaired) electrons. The molecule has 0 N–H and O–H groups in total. The zero-order valence-corrected chi connectivity index (χ0v) is 16.7. The van der Waals surface area contributed by atoms with Crippen LogP contribution in [0.2, 0.25) is 0 Å². The van der Waals surface area contributed by atoms with E-state index < -0.39 is 0 Å². The second kappa shape index (κ2) is 10.9. The predicted molar refractivity (Wildman–Crippen MR) is 110 cm³/mol. The van der Waals surface area contributed by atoms with Gasteiger partial charge < -0.3 is 14.5 Å². The van der Waals surface area contributed by atoms with E-state index in [0.717, 1.165) is 23.3 Å². The van der Waals surface area contributed by atoms with Crippen molar-refractivity contribution >= 4 is 17.9 Å². The monoisotopic (exact) mass is 381 g/mol. The molecule has 0 fully saturated rings. The molecule has 1 aromatic carbocycles. The highest BCUT2D eigenvalue weighted by Gasteiger charge is 2.16. The molecule has 6 nitrogen and oxygen atoms in total. The van der Waals surface area contributed by atoms with Gasteiger partial charge in [0.2, 0.25) is 11.8 Å². The molecule has 0 saturated carbocycles. The summed E-state index contributed by atoms with van der Waals surface area (Å²) in [6.07, 6.45) is 7.43. The van der Waals surface area contributed by atoms with Gasteiger partial charge in [0.05, 0.1) is 13.7 Å². The Morgan fingerprint density at radius 2 is 1.93 bits per heavy atom. The SMILES string of the molecule is CCN(CCc1ccncc1)C(=O)CN(C)C(=O)/C=C/c1cccc(OC)c1. The number of rotatable bonds is 9. The predicted octanol–water partition coefficient (Wildman–Crippen LogP) is 2.65. The summed E-state index contributed by atoms with van der Waals surface area (Å²) in [4.78, 5) is 32.1. The maximum atomic E-state index is 12.5. The standard InChI is InChI=1S/C22H27N3O3/c1-4-25(15-12-18-10-13-23-14-11-18)22(27)17-24(2)21(26)9-8-19-6-5-7-20(16-19)28-3/h5-11,13-14,16H,4,12,15,17H2,1-3H3/b9-8+. The summed E-state index contributed by atoms with van der Waals surface area (Å²) in [7, 11) is 3.23. The van der Waals surface area contributed by atoms with Crippen LogP contribution in [-0.4, -0.2) is 60.4 Å². The molecular weight excluding hydrogens is 354 g/mol. The number of amides is 2. The van der Waals surface area contributed by atoms with Gasteiger partial charge >= 0.3 is 0 Å². The van der Waals surface area contributed by atoms with Crippen molar-refractivity contribution in [3.05, 3.63) is 66.0 Å². The lowest BCUT2D eigenvalue weighted by molar-refractivity contribution is -0.137. The molecule has 2 aromatic rings. The third-order valence-corrected chi connectivity index (χ3v) is 4.41. The molecule has 2 amide bonds. The van der Waals surface area contributed by atoms with Gasteiger partial charge in [-0.2, -0.15) is 0 Å². The summed E-state index contributed by atoms with van der Waals surface area (Å²) in [6.45, 7) is 3.20. The number of hydrogen-bond donors (Lipinski definition) is 0. The molecule has 0 spiro atoms. The van der Waals surface area contributed by atoms with Crippen LogP contribution in [-0.2, 0) is 16.0 Å². The second-order valence-corrected chi connectivity index (χ2v) is 6.38. The Morgan fingerprint density at radius 1 is 1.18 bits per heavy atom. The Balaban J connectivity index is 1.88. The lowest BCUT2D eigenvalue weighted by Gasteiger charge is -2.24. The fourth-order valence-corrected chi connectivity index (χ4v) is 2.69.